The third-order valence-corrected chi connectivity index (χ3v) is 12.8. The molecule has 1 rings (SSSR count). The highest BCUT2D eigenvalue weighted by Crippen LogP contribution is 2.23. The molecule has 1 aliphatic heterocycles. The molecule has 1 fully saturated rings. The first kappa shape index (κ1) is 58.1. The zero-order valence-corrected chi connectivity index (χ0v) is 40.1. The van der Waals surface area contributed by atoms with E-state index in [4.69, 9.17) is 9.47 Å². The number of unbranched alkanes of at least 4 members (excludes halogenated alkanes) is 27. The second-order valence-corrected chi connectivity index (χ2v) is 18.6. The fourth-order valence-electron chi connectivity index (χ4n) is 8.12. The van der Waals surface area contributed by atoms with Gasteiger partial charge in [-0.1, -0.05) is 190 Å². The quantitative estimate of drug-likeness (QED) is 0.0217. The minimum atomic E-state index is -1.62. The molecule has 8 N–H and O–H groups in total. The molecule has 0 bridgehead atoms. The predicted octanol–water partition coefficient (Wildman–Crippen LogP) is 8.41. The normalized spacial score (nSPS) is 20.7. The molecule has 2 unspecified atom stereocenters. The van der Waals surface area contributed by atoms with E-state index in [9.17, 15) is 40.2 Å². The predicted molar refractivity (Wildman–Crippen MR) is 249 cm³/mol. The van der Waals surface area contributed by atoms with Crippen molar-refractivity contribution in [1.82, 2.24) is 10.6 Å². The van der Waals surface area contributed by atoms with Crippen molar-refractivity contribution >= 4 is 27.7 Å². The van der Waals surface area contributed by atoms with Gasteiger partial charge < -0.3 is 50.7 Å². The molecule has 12 nitrogen and oxygen atoms in total. The van der Waals surface area contributed by atoms with Crippen LogP contribution in [-0.2, 0) is 19.1 Å². The number of halogens is 1. The van der Waals surface area contributed by atoms with Crippen LogP contribution in [0.2, 0.25) is 0 Å². The zero-order chi connectivity index (χ0) is 44.8. The first-order chi connectivity index (χ1) is 29.7. The Hall–Kier alpha value is -0.900. The molecule has 61 heavy (non-hydrogen) atoms. The number of ether oxygens (including phenoxy) is 2. The van der Waals surface area contributed by atoms with Crippen molar-refractivity contribution in [3.05, 3.63) is 0 Å². The maximum Gasteiger partial charge on any atom is 0.220 e. The first-order valence-electron chi connectivity index (χ1n) is 25.1. The maximum absolute atomic E-state index is 13.0. The number of hydrogen-bond acceptors (Lipinski definition) is 10. The van der Waals surface area contributed by atoms with Gasteiger partial charge in [-0.15, -0.1) is 0 Å². The van der Waals surface area contributed by atoms with Crippen molar-refractivity contribution in [2.45, 2.75) is 268 Å². The van der Waals surface area contributed by atoms with Gasteiger partial charge in [-0.2, -0.15) is 0 Å². The van der Waals surface area contributed by atoms with E-state index in [1.165, 1.54) is 96.3 Å². The number of nitrogens with one attached hydrogen (secondary N) is 2. The van der Waals surface area contributed by atoms with E-state index < -0.39 is 55.6 Å². The Morgan fingerprint density at radius 1 is 0.590 bits per heavy atom. The summed E-state index contributed by atoms with van der Waals surface area (Å²) in [5.74, 6) is -0.104. The summed E-state index contributed by atoms with van der Waals surface area (Å²) in [7, 11) is 0. The van der Waals surface area contributed by atoms with Gasteiger partial charge in [0.1, 0.15) is 30.5 Å². The number of amides is 2. The van der Waals surface area contributed by atoms with Crippen LogP contribution in [0.4, 0.5) is 0 Å². The monoisotopic (exact) mass is 937 g/mol. The minimum absolute atomic E-state index is 0.180. The van der Waals surface area contributed by atoms with Crippen LogP contribution < -0.4 is 10.6 Å². The summed E-state index contributed by atoms with van der Waals surface area (Å²) in [6, 6.07) is -1.01. The van der Waals surface area contributed by atoms with Crippen LogP contribution in [0, 0.1) is 0 Å². The Kier molecular flexibility index (Phi) is 38.7. The lowest BCUT2D eigenvalue weighted by Gasteiger charge is -2.40. The lowest BCUT2D eigenvalue weighted by molar-refractivity contribution is -0.303. The summed E-state index contributed by atoms with van der Waals surface area (Å²) in [6.07, 6.45) is 26.1. The van der Waals surface area contributed by atoms with Gasteiger partial charge in [0.05, 0.1) is 25.4 Å². The zero-order valence-electron chi connectivity index (χ0n) is 38.5. The lowest BCUT2D eigenvalue weighted by Crippen LogP contribution is -2.60. The van der Waals surface area contributed by atoms with Gasteiger partial charge in [-0.25, -0.2) is 0 Å². The van der Waals surface area contributed by atoms with Crippen LogP contribution in [0.25, 0.3) is 0 Å². The summed E-state index contributed by atoms with van der Waals surface area (Å²) >= 11 is 3.48. The molecule has 0 radical (unpaired) electrons. The van der Waals surface area contributed by atoms with Crippen molar-refractivity contribution in [2.24, 2.45) is 0 Å². The molecule has 0 aromatic rings. The second-order valence-electron chi connectivity index (χ2n) is 17.8. The average molecular weight is 938 g/mol. The SMILES string of the molecule is CCCCCCCCCCCCCC[C@@H](O)[C@@H](O)[C@H](CO[C@H]1OC(CO)[C@H](O)[C@H](O)C1O)NC(=O)CCCCCCCCCCCNC(=O)CCCCCCCCCCCBr. The molecule has 0 aromatic heterocycles. The standard InChI is InChI=1S/C48H93BrN2O10/c1-2-3-4-5-6-7-8-9-12-17-22-27-32-40(53)44(56)39(38-60-48-47(59)46(58)45(57)41(37-52)61-48)51-43(55)34-29-24-19-14-11-16-21-26-31-36-50-42(54)33-28-23-18-13-10-15-20-25-30-35-49/h39-41,44-48,52-53,56-59H,2-38H2,1H3,(H,50,54)(H,51,55)/t39-,40+,41?,44-,45-,46-,47?,48-/m0/s1. The molecule has 362 valence electrons. The van der Waals surface area contributed by atoms with E-state index in [-0.39, 0.29) is 24.8 Å². The highest BCUT2D eigenvalue weighted by molar-refractivity contribution is 9.09. The van der Waals surface area contributed by atoms with Gasteiger partial charge in [0, 0.05) is 24.7 Å². The van der Waals surface area contributed by atoms with Crippen LogP contribution in [-0.4, -0.2) is 116 Å². The summed E-state index contributed by atoms with van der Waals surface area (Å²) in [5, 5.41) is 69.4. The third kappa shape index (κ3) is 30.8. The molecule has 0 aromatic carbocycles. The molecule has 1 saturated heterocycles. The Morgan fingerprint density at radius 2 is 1.03 bits per heavy atom. The smallest absolute Gasteiger partial charge is 0.220 e. The van der Waals surface area contributed by atoms with Crippen LogP contribution >= 0.6 is 15.9 Å². The number of aliphatic hydroxyl groups excluding tert-OH is 6. The molecule has 0 aliphatic carbocycles. The fraction of sp³-hybridized carbons (Fsp3) is 0.958. The number of rotatable bonds is 43. The lowest BCUT2D eigenvalue weighted by atomic mass is 9.98. The van der Waals surface area contributed by atoms with Crippen molar-refractivity contribution in [3.8, 4) is 0 Å². The van der Waals surface area contributed by atoms with Gasteiger partial charge >= 0.3 is 0 Å². The van der Waals surface area contributed by atoms with Crippen molar-refractivity contribution < 1.29 is 49.7 Å². The van der Waals surface area contributed by atoms with Gasteiger partial charge in [0.15, 0.2) is 6.29 Å². The number of carbonyl (C=O) groups excluding carboxylic acids is 2. The Labute approximate surface area is 379 Å². The molecule has 0 spiro atoms. The van der Waals surface area contributed by atoms with Crippen molar-refractivity contribution in [1.29, 1.82) is 0 Å². The van der Waals surface area contributed by atoms with Gasteiger partial charge in [0.2, 0.25) is 11.8 Å². The average Bonchev–Trinajstić information content (AvgIpc) is 3.25. The molecular formula is C48H93BrN2O10. The van der Waals surface area contributed by atoms with Gasteiger partial charge in [-0.05, 0) is 32.1 Å². The minimum Gasteiger partial charge on any atom is -0.394 e. The third-order valence-electron chi connectivity index (χ3n) is 12.2. The number of hydrogen-bond donors (Lipinski definition) is 8. The summed E-state index contributed by atoms with van der Waals surface area (Å²) in [4.78, 5) is 25.2. The first-order valence-corrected chi connectivity index (χ1v) is 26.2. The molecule has 1 aliphatic rings. The van der Waals surface area contributed by atoms with Gasteiger partial charge in [0.25, 0.3) is 0 Å². The van der Waals surface area contributed by atoms with E-state index in [0.717, 1.165) is 102 Å². The fourth-order valence-corrected chi connectivity index (χ4v) is 8.52. The summed E-state index contributed by atoms with van der Waals surface area (Å²) < 4.78 is 11.2. The molecule has 8 atom stereocenters. The van der Waals surface area contributed by atoms with Crippen molar-refractivity contribution in [3.63, 3.8) is 0 Å². The van der Waals surface area contributed by atoms with Crippen LogP contribution in [0.5, 0.6) is 0 Å². The topological polar surface area (TPSA) is 198 Å². The van der Waals surface area contributed by atoms with E-state index in [1.54, 1.807) is 0 Å². The molecular weight excluding hydrogens is 844 g/mol. The van der Waals surface area contributed by atoms with Crippen molar-refractivity contribution in [2.75, 3.05) is 25.1 Å². The van der Waals surface area contributed by atoms with E-state index in [2.05, 4.69) is 33.5 Å². The van der Waals surface area contributed by atoms with Crippen LogP contribution in [0.3, 0.4) is 0 Å². The van der Waals surface area contributed by atoms with E-state index >= 15 is 0 Å². The molecule has 13 heteroatoms. The van der Waals surface area contributed by atoms with Gasteiger partial charge in [-0.3, -0.25) is 9.59 Å². The molecule has 0 saturated carbocycles. The number of aliphatic hydroxyl groups is 6. The number of alkyl halides is 1. The highest BCUT2D eigenvalue weighted by atomic mass is 79.9. The highest BCUT2D eigenvalue weighted by Gasteiger charge is 2.44. The van der Waals surface area contributed by atoms with E-state index in [1.807, 2.05) is 0 Å². The molecule has 1 heterocycles. The largest absolute Gasteiger partial charge is 0.394 e. The maximum atomic E-state index is 13.0. The summed E-state index contributed by atoms with van der Waals surface area (Å²) in [5.41, 5.74) is 0. The second kappa shape index (κ2) is 40.6. The van der Waals surface area contributed by atoms with E-state index in [0.29, 0.717) is 19.3 Å². The Balaban J connectivity index is 2.29. The Bertz CT molecular complexity index is 1010. The Morgan fingerprint density at radius 3 is 1.52 bits per heavy atom. The van der Waals surface area contributed by atoms with Crippen LogP contribution in [0.15, 0.2) is 0 Å². The summed E-state index contributed by atoms with van der Waals surface area (Å²) in [6.45, 7) is 2.06. The van der Waals surface area contributed by atoms with Crippen LogP contribution in [0.1, 0.15) is 219 Å². The molecule has 2 amide bonds. The number of carbonyl (C=O) groups is 2.